The van der Waals surface area contributed by atoms with E-state index in [-0.39, 0.29) is 18.4 Å². The molecule has 0 saturated carbocycles. The average molecular weight is 443 g/mol. The molecule has 0 fully saturated rings. The van der Waals surface area contributed by atoms with Crippen molar-refractivity contribution in [1.29, 1.82) is 0 Å². The molecule has 2 amide bonds. The maximum atomic E-state index is 12.7. The molecule has 3 aromatic carbocycles. The number of para-hydroxylation sites is 1. The van der Waals surface area contributed by atoms with Crippen LogP contribution in [0.4, 0.5) is 11.4 Å². The molecule has 29 heavy (non-hydrogen) atoms. The number of amides is 2. The van der Waals surface area contributed by atoms with E-state index in [0.717, 1.165) is 4.90 Å². The standard InChI is InChI=1S/C22H16Cl2N2O2S/c23-17-7-4-8-18(24)16(17)12-26-19-11-14(9-10-20(19)29-13-21(26)27)22(28)25-15-5-2-1-3-6-15/h1-11H,12-13H2,(H,25,28). The van der Waals surface area contributed by atoms with Gasteiger partial charge in [0.1, 0.15) is 0 Å². The molecule has 4 rings (SSSR count). The maximum Gasteiger partial charge on any atom is 0.255 e. The first kappa shape index (κ1) is 19.8. The zero-order chi connectivity index (χ0) is 20.4. The lowest BCUT2D eigenvalue weighted by molar-refractivity contribution is -0.116. The molecule has 0 radical (unpaired) electrons. The summed E-state index contributed by atoms with van der Waals surface area (Å²) in [4.78, 5) is 27.9. The van der Waals surface area contributed by atoms with E-state index in [1.807, 2.05) is 36.4 Å². The Bertz CT molecular complexity index is 1070. The molecule has 3 aromatic rings. The summed E-state index contributed by atoms with van der Waals surface area (Å²) in [5.74, 6) is 0.0295. The molecule has 7 heteroatoms. The number of thioether (sulfide) groups is 1. The van der Waals surface area contributed by atoms with Gasteiger partial charge in [-0.15, -0.1) is 11.8 Å². The smallest absolute Gasteiger partial charge is 0.255 e. The Balaban J connectivity index is 1.66. The van der Waals surface area contributed by atoms with Crippen LogP contribution in [0, 0.1) is 0 Å². The van der Waals surface area contributed by atoms with Crippen molar-refractivity contribution < 1.29 is 9.59 Å². The van der Waals surface area contributed by atoms with Gasteiger partial charge in [-0.3, -0.25) is 9.59 Å². The minimum Gasteiger partial charge on any atom is -0.322 e. The molecule has 1 N–H and O–H groups in total. The van der Waals surface area contributed by atoms with Gasteiger partial charge in [0.05, 0.1) is 18.0 Å². The molecule has 0 spiro atoms. The summed E-state index contributed by atoms with van der Waals surface area (Å²) in [6.45, 7) is 0.245. The summed E-state index contributed by atoms with van der Waals surface area (Å²) in [6.07, 6.45) is 0. The SMILES string of the molecule is O=C(Nc1ccccc1)c1ccc2c(c1)N(Cc1c(Cl)cccc1Cl)C(=O)CS2. The number of fused-ring (bicyclic) bond motifs is 1. The fourth-order valence-corrected chi connectivity index (χ4v) is 4.52. The first-order valence-electron chi connectivity index (χ1n) is 8.89. The molecule has 0 aromatic heterocycles. The number of hydrogen-bond donors (Lipinski definition) is 1. The van der Waals surface area contributed by atoms with Crippen LogP contribution in [0.3, 0.4) is 0 Å². The van der Waals surface area contributed by atoms with Gasteiger partial charge in [0.25, 0.3) is 5.91 Å². The normalized spacial score (nSPS) is 13.2. The fraction of sp³-hybridized carbons (Fsp3) is 0.0909. The van der Waals surface area contributed by atoms with E-state index < -0.39 is 0 Å². The van der Waals surface area contributed by atoms with Crippen molar-refractivity contribution in [3.8, 4) is 0 Å². The van der Waals surface area contributed by atoms with Crippen molar-refractivity contribution in [2.45, 2.75) is 11.4 Å². The molecule has 0 saturated heterocycles. The second kappa shape index (κ2) is 8.49. The van der Waals surface area contributed by atoms with E-state index >= 15 is 0 Å². The molecule has 4 nitrogen and oxygen atoms in total. The third kappa shape index (κ3) is 4.27. The van der Waals surface area contributed by atoms with Crippen molar-refractivity contribution in [3.05, 3.63) is 87.9 Å². The van der Waals surface area contributed by atoms with E-state index in [1.165, 1.54) is 11.8 Å². The van der Waals surface area contributed by atoms with Crippen LogP contribution in [0.5, 0.6) is 0 Å². The Morgan fingerprint density at radius 2 is 1.72 bits per heavy atom. The Kier molecular flexibility index (Phi) is 5.81. The second-order valence-electron chi connectivity index (χ2n) is 6.47. The van der Waals surface area contributed by atoms with Crippen molar-refractivity contribution in [2.24, 2.45) is 0 Å². The molecule has 1 aliphatic rings. The van der Waals surface area contributed by atoms with Crippen LogP contribution >= 0.6 is 35.0 Å². The van der Waals surface area contributed by atoms with Gasteiger partial charge in [-0.25, -0.2) is 0 Å². The number of rotatable bonds is 4. The summed E-state index contributed by atoms with van der Waals surface area (Å²) in [5.41, 5.74) is 2.54. The highest BCUT2D eigenvalue weighted by Crippen LogP contribution is 2.38. The van der Waals surface area contributed by atoms with E-state index in [9.17, 15) is 9.59 Å². The van der Waals surface area contributed by atoms with Crippen LogP contribution in [0.1, 0.15) is 15.9 Å². The lowest BCUT2D eigenvalue weighted by atomic mass is 10.1. The number of carbonyl (C=O) groups is 2. The Morgan fingerprint density at radius 1 is 1.00 bits per heavy atom. The van der Waals surface area contributed by atoms with Crippen molar-refractivity contribution in [3.63, 3.8) is 0 Å². The van der Waals surface area contributed by atoms with E-state index in [1.54, 1.807) is 35.2 Å². The van der Waals surface area contributed by atoms with E-state index in [4.69, 9.17) is 23.2 Å². The third-order valence-electron chi connectivity index (χ3n) is 4.57. The van der Waals surface area contributed by atoms with Crippen LogP contribution < -0.4 is 10.2 Å². The van der Waals surface area contributed by atoms with Crippen LogP contribution in [0.15, 0.2) is 71.6 Å². The van der Waals surface area contributed by atoms with E-state index in [2.05, 4.69) is 5.32 Å². The van der Waals surface area contributed by atoms with Crippen LogP contribution in [0.25, 0.3) is 0 Å². The highest BCUT2D eigenvalue weighted by atomic mass is 35.5. The van der Waals surface area contributed by atoms with Gasteiger partial charge >= 0.3 is 0 Å². The van der Waals surface area contributed by atoms with Gasteiger partial charge in [-0.1, -0.05) is 47.5 Å². The lowest BCUT2D eigenvalue weighted by Crippen LogP contribution is -2.35. The Morgan fingerprint density at radius 3 is 2.45 bits per heavy atom. The zero-order valence-corrected chi connectivity index (χ0v) is 17.5. The van der Waals surface area contributed by atoms with Crippen LogP contribution in [-0.4, -0.2) is 17.6 Å². The van der Waals surface area contributed by atoms with Gasteiger partial charge in [-0.05, 0) is 42.5 Å². The first-order chi connectivity index (χ1) is 14.0. The number of halogens is 2. The highest BCUT2D eigenvalue weighted by Gasteiger charge is 2.27. The van der Waals surface area contributed by atoms with Gasteiger partial charge < -0.3 is 10.2 Å². The molecule has 0 aliphatic carbocycles. The minimum absolute atomic E-state index is 0.0564. The molecular formula is C22H16Cl2N2O2S. The predicted octanol–water partition coefficient (Wildman–Crippen LogP) is 5.88. The largest absolute Gasteiger partial charge is 0.322 e. The molecule has 0 atom stereocenters. The van der Waals surface area contributed by atoms with E-state index in [0.29, 0.717) is 38.3 Å². The molecule has 0 bridgehead atoms. The molecule has 1 aliphatic heterocycles. The number of carbonyl (C=O) groups excluding carboxylic acids is 2. The Hall–Kier alpha value is -2.47. The summed E-state index contributed by atoms with van der Waals surface area (Å²) < 4.78 is 0. The average Bonchev–Trinajstić information content (AvgIpc) is 2.72. The monoisotopic (exact) mass is 442 g/mol. The summed E-state index contributed by atoms with van der Waals surface area (Å²) in [6, 6.07) is 19.9. The number of hydrogen-bond acceptors (Lipinski definition) is 3. The van der Waals surface area contributed by atoms with Crippen LogP contribution in [0.2, 0.25) is 10.0 Å². The summed E-state index contributed by atoms with van der Waals surface area (Å²) in [5, 5.41) is 3.87. The maximum absolute atomic E-state index is 12.7. The molecular weight excluding hydrogens is 427 g/mol. The Labute approximate surface area is 182 Å². The number of anilines is 2. The topological polar surface area (TPSA) is 49.4 Å². The minimum atomic E-state index is -0.238. The van der Waals surface area contributed by atoms with Crippen molar-refractivity contribution in [1.82, 2.24) is 0 Å². The van der Waals surface area contributed by atoms with Crippen molar-refractivity contribution >= 4 is 58.2 Å². The fourth-order valence-electron chi connectivity index (χ4n) is 3.08. The lowest BCUT2D eigenvalue weighted by Gasteiger charge is -2.30. The first-order valence-corrected chi connectivity index (χ1v) is 10.6. The molecule has 146 valence electrons. The molecule has 0 unspecified atom stereocenters. The third-order valence-corrected chi connectivity index (χ3v) is 6.33. The summed E-state index contributed by atoms with van der Waals surface area (Å²) >= 11 is 14.1. The molecule has 1 heterocycles. The van der Waals surface area contributed by atoms with Crippen LogP contribution in [-0.2, 0) is 11.3 Å². The van der Waals surface area contributed by atoms with Gasteiger partial charge in [0.15, 0.2) is 0 Å². The summed E-state index contributed by atoms with van der Waals surface area (Å²) in [7, 11) is 0. The second-order valence-corrected chi connectivity index (χ2v) is 8.30. The van der Waals surface area contributed by atoms with Crippen molar-refractivity contribution in [2.75, 3.05) is 16.0 Å². The highest BCUT2D eigenvalue weighted by molar-refractivity contribution is 8.00. The number of benzene rings is 3. The number of nitrogens with zero attached hydrogens (tertiary/aromatic N) is 1. The van der Waals surface area contributed by atoms with Gasteiger partial charge in [-0.2, -0.15) is 0 Å². The quantitative estimate of drug-likeness (QED) is 0.548. The number of nitrogens with one attached hydrogen (secondary N) is 1. The van der Waals surface area contributed by atoms with Gasteiger partial charge in [0, 0.05) is 31.8 Å². The predicted molar refractivity (Wildman–Crippen MR) is 119 cm³/mol. The zero-order valence-electron chi connectivity index (χ0n) is 15.2. The van der Waals surface area contributed by atoms with Gasteiger partial charge in [0.2, 0.25) is 5.91 Å².